The van der Waals surface area contributed by atoms with Gasteiger partial charge >= 0.3 is 18.4 Å². The van der Waals surface area contributed by atoms with Crippen LogP contribution in [0.4, 0.5) is 37.1 Å². The zero-order valence-electron chi connectivity index (χ0n) is 18.3. The van der Waals surface area contributed by atoms with Crippen molar-refractivity contribution in [1.82, 2.24) is 19.9 Å². The van der Waals surface area contributed by atoms with E-state index >= 15 is 0 Å². The smallest absolute Gasteiger partial charge is 0.421 e. The van der Waals surface area contributed by atoms with E-state index in [-0.39, 0.29) is 50.8 Å². The van der Waals surface area contributed by atoms with Gasteiger partial charge in [0.25, 0.3) is 5.56 Å². The lowest BCUT2D eigenvalue weighted by molar-refractivity contribution is -0.139. The molecular weight excluding hydrogens is 488 g/mol. The highest BCUT2D eigenvalue weighted by molar-refractivity contribution is 5.68. The Bertz CT molecular complexity index is 1070. The van der Waals surface area contributed by atoms with Crippen molar-refractivity contribution < 1.29 is 40.6 Å². The van der Waals surface area contributed by atoms with Crippen LogP contribution in [0.15, 0.2) is 29.5 Å². The van der Waals surface area contributed by atoms with Gasteiger partial charge in [-0.15, -0.1) is 0 Å². The van der Waals surface area contributed by atoms with E-state index in [4.69, 9.17) is 9.47 Å². The van der Waals surface area contributed by atoms with Crippen molar-refractivity contribution in [2.24, 2.45) is 0 Å². The number of aromatic nitrogens is 3. The Balaban J connectivity index is 1.60. The van der Waals surface area contributed by atoms with Crippen LogP contribution in [0.1, 0.15) is 16.7 Å². The second-order valence-electron chi connectivity index (χ2n) is 7.63. The first-order valence-electron chi connectivity index (χ1n) is 10.3. The van der Waals surface area contributed by atoms with Crippen molar-refractivity contribution in [1.29, 1.82) is 0 Å². The third-order valence-corrected chi connectivity index (χ3v) is 5.21. The molecule has 0 saturated carbocycles. The summed E-state index contributed by atoms with van der Waals surface area (Å²) in [5, 5.41) is 0. The molecule has 15 heteroatoms. The van der Waals surface area contributed by atoms with Crippen molar-refractivity contribution in [3.63, 3.8) is 0 Å². The highest BCUT2D eigenvalue weighted by Crippen LogP contribution is 2.29. The summed E-state index contributed by atoms with van der Waals surface area (Å²) in [7, 11) is 1.41. The summed E-state index contributed by atoms with van der Waals surface area (Å²) in [5.41, 5.74) is -3.47. The zero-order valence-corrected chi connectivity index (χ0v) is 18.3. The molecule has 192 valence electrons. The van der Waals surface area contributed by atoms with Gasteiger partial charge in [0.1, 0.15) is 5.56 Å². The van der Waals surface area contributed by atoms with Gasteiger partial charge < -0.3 is 19.4 Å². The average molecular weight is 509 g/mol. The summed E-state index contributed by atoms with van der Waals surface area (Å²) in [6.07, 6.45) is -7.72. The lowest BCUT2D eigenvalue weighted by Gasteiger charge is -2.40. The minimum absolute atomic E-state index is 0.0608. The normalized spacial score (nSPS) is 16.9. The van der Waals surface area contributed by atoms with Crippen LogP contribution in [0.2, 0.25) is 0 Å². The van der Waals surface area contributed by atoms with E-state index in [1.165, 1.54) is 12.0 Å². The maximum absolute atomic E-state index is 12.9. The third-order valence-electron chi connectivity index (χ3n) is 5.21. The standard InChI is InChI=1S/C20H21F6N5O4/c1-34-11-14-10-30(17-28-8-13(9-29-17)19(21,22)23)3-4-31(14)18(33)35-5-2-12-6-15(20(24,25)26)16(32)27-7-12/h6-9,14H,2-5,10-11H2,1H3,(H,27,32). The molecule has 0 radical (unpaired) electrons. The number of anilines is 1. The minimum Gasteiger partial charge on any atom is -0.449 e. The highest BCUT2D eigenvalue weighted by atomic mass is 19.4. The fraction of sp³-hybridized carbons (Fsp3) is 0.500. The summed E-state index contributed by atoms with van der Waals surface area (Å²) in [4.78, 5) is 36.4. The van der Waals surface area contributed by atoms with Gasteiger partial charge in [0.05, 0.1) is 24.8 Å². The van der Waals surface area contributed by atoms with Gasteiger partial charge in [-0.25, -0.2) is 14.8 Å². The van der Waals surface area contributed by atoms with Gasteiger partial charge in [-0.05, 0) is 11.6 Å². The predicted octanol–water partition coefficient (Wildman–Crippen LogP) is 2.72. The van der Waals surface area contributed by atoms with Crippen LogP contribution in [0.3, 0.4) is 0 Å². The predicted molar refractivity (Wildman–Crippen MR) is 109 cm³/mol. The molecule has 1 aliphatic heterocycles. The second-order valence-corrected chi connectivity index (χ2v) is 7.63. The van der Waals surface area contributed by atoms with Crippen molar-refractivity contribution >= 4 is 12.0 Å². The summed E-state index contributed by atoms with van der Waals surface area (Å²) in [6.45, 7) is 0.317. The molecule has 3 heterocycles. The van der Waals surface area contributed by atoms with E-state index in [2.05, 4.69) is 9.97 Å². The molecule has 0 aliphatic carbocycles. The zero-order chi connectivity index (χ0) is 25.8. The van der Waals surface area contributed by atoms with E-state index in [0.717, 1.165) is 6.20 Å². The van der Waals surface area contributed by atoms with Crippen molar-refractivity contribution in [3.05, 3.63) is 51.7 Å². The number of amides is 1. The van der Waals surface area contributed by atoms with E-state index < -0.39 is 41.2 Å². The van der Waals surface area contributed by atoms with E-state index in [1.54, 1.807) is 4.90 Å². The third kappa shape index (κ3) is 6.61. The fourth-order valence-electron chi connectivity index (χ4n) is 3.47. The number of rotatable bonds is 6. The monoisotopic (exact) mass is 509 g/mol. The maximum Gasteiger partial charge on any atom is 0.421 e. The SMILES string of the molecule is COCC1CN(c2ncc(C(F)(F)F)cn2)CCN1C(=O)OCCc1c[nH]c(=O)c(C(F)(F)F)c1. The maximum atomic E-state index is 12.9. The molecule has 1 amide bonds. The van der Waals surface area contributed by atoms with Crippen LogP contribution in [0.5, 0.6) is 0 Å². The van der Waals surface area contributed by atoms with Crippen molar-refractivity contribution in [3.8, 4) is 0 Å². The molecule has 1 atom stereocenters. The summed E-state index contributed by atoms with van der Waals surface area (Å²) < 4.78 is 87.2. The lowest BCUT2D eigenvalue weighted by atomic mass is 10.1. The number of carbonyl (C=O) groups excluding carboxylic acids is 1. The molecule has 1 fully saturated rings. The number of alkyl halides is 6. The molecule has 35 heavy (non-hydrogen) atoms. The van der Waals surface area contributed by atoms with Crippen LogP contribution in [0.25, 0.3) is 0 Å². The number of H-pyrrole nitrogens is 1. The lowest BCUT2D eigenvalue weighted by Crippen LogP contribution is -2.57. The number of hydrogen-bond acceptors (Lipinski definition) is 7. The number of carbonyl (C=O) groups is 1. The molecule has 0 aromatic carbocycles. The first kappa shape index (κ1) is 26.2. The highest BCUT2D eigenvalue weighted by Gasteiger charge is 2.35. The average Bonchev–Trinajstić information content (AvgIpc) is 2.79. The molecular formula is C20H21F6N5O4. The minimum atomic E-state index is -4.82. The molecule has 2 aromatic rings. The van der Waals surface area contributed by atoms with Gasteiger partial charge in [0.15, 0.2) is 0 Å². The molecule has 1 unspecified atom stereocenters. The molecule has 0 spiro atoms. The Morgan fingerprint density at radius 3 is 2.43 bits per heavy atom. The van der Waals surface area contributed by atoms with Gasteiger partial charge in [-0.1, -0.05) is 0 Å². The van der Waals surface area contributed by atoms with Crippen LogP contribution < -0.4 is 10.5 Å². The summed E-state index contributed by atoms with van der Waals surface area (Å²) in [6, 6.07) is 0.153. The Morgan fingerprint density at radius 2 is 1.83 bits per heavy atom. The van der Waals surface area contributed by atoms with Gasteiger partial charge in [-0.3, -0.25) is 9.69 Å². The number of aromatic amines is 1. The molecule has 2 aromatic heterocycles. The van der Waals surface area contributed by atoms with Crippen LogP contribution >= 0.6 is 0 Å². The number of ether oxygens (including phenoxy) is 2. The molecule has 3 rings (SSSR count). The topological polar surface area (TPSA) is 101 Å². The number of hydrogen-bond donors (Lipinski definition) is 1. The van der Waals surface area contributed by atoms with Gasteiger partial charge in [-0.2, -0.15) is 26.3 Å². The Kier molecular flexibility index (Phi) is 7.87. The molecule has 0 bridgehead atoms. The largest absolute Gasteiger partial charge is 0.449 e. The first-order chi connectivity index (χ1) is 16.4. The Labute approximate surface area is 194 Å². The molecule has 9 nitrogen and oxygen atoms in total. The second kappa shape index (κ2) is 10.5. The van der Waals surface area contributed by atoms with Crippen molar-refractivity contribution in [2.45, 2.75) is 24.8 Å². The summed E-state index contributed by atoms with van der Waals surface area (Å²) >= 11 is 0. The van der Waals surface area contributed by atoms with Gasteiger partial charge in [0, 0.05) is 51.8 Å². The Hall–Kier alpha value is -3.36. The van der Waals surface area contributed by atoms with E-state index in [1.807, 2.05) is 4.98 Å². The molecule has 1 saturated heterocycles. The van der Waals surface area contributed by atoms with Crippen LogP contribution in [-0.2, 0) is 28.2 Å². The van der Waals surface area contributed by atoms with E-state index in [9.17, 15) is 35.9 Å². The number of pyridine rings is 1. The number of methoxy groups -OCH3 is 1. The van der Waals surface area contributed by atoms with E-state index in [0.29, 0.717) is 18.5 Å². The Morgan fingerprint density at radius 1 is 1.14 bits per heavy atom. The quantitative estimate of drug-likeness (QED) is 0.598. The summed E-state index contributed by atoms with van der Waals surface area (Å²) in [5.74, 6) is 0.0608. The number of piperazine rings is 1. The number of nitrogens with one attached hydrogen (secondary N) is 1. The van der Waals surface area contributed by atoms with Crippen LogP contribution in [0, 0.1) is 0 Å². The van der Waals surface area contributed by atoms with Crippen LogP contribution in [-0.4, -0.2) is 71.9 Å². The van der Waals surface area contributed by atoms with Gasteiger partial charge in [0.2, 0.25) is 5.95 Å². The van der Waals surface area contributed by atoms with Crippen molar-refractivity contribution in [2.75, 3.05) is 44.9 Å². The molecule has 1 N–H and O–H groups in total. The number of halogens is 6. The first-order valence-corrected chi connectivity index (χ1v) is 10.3. The fourth-order valence-corrected chi connectivity index (χ4v) is 3.47. The number of nitrogens with zero attached hydrogens (tertiary/aromatic N) is 4. The molecule has 1 aliphatic rings.